The van der Waals surface area contributed by atoms with Crippen molar-refractivity contribution < 1.29 is 17.6 Å². The number of hydrogen-bond donors (Lipinski definition) is 2. The van der Waals surface area contributed by atoms with Crippen molar-refractivity contribution in [3.63, 3.8) is 0 Å². The van der Waals surface area contributed by atoms with Crippen molar-refractivity contribution in [1.29, 1.82) is 0 Å². The van der Waals surface area contributed by atoms with Crippen LogP contribution in [0.3, 0.4) is 0 Å². The van der Waals surface area contributed by atoms with Crippen molar-refractivity contribution in [1.82, 2.24) is 9.62 Å². The van der Waals surface area contributed by atoms with Crippen LogP contribution in [-0.4, -0.2) is 44.4 Å². The van der Waals surface area contributed by atoms with Crippen molar-refractivity contribution in [2.24, 2.45) is 11.7 Å². The second kappa shape index (κ2) is 9.32. The van der Waals surface area contributed by atoms with E-state index in [0.717, 1.165) is 37.8 Å². The Morgan fingerprint density at radius 2 is 1.74 bits per heavy atom. The molecule has 2 aliphatic rings. The summed E-state index contributed by atoms with van der Waals surface area (Å²) in [6.07, 6.45) is 4.76. The predicted molar refractivity (Wildman–Crippen MR) is 104 cm³/mol. The van der Waals surface area contributed by atoms with E-state index >= 15 is 0 Å². The molecule has 2 fully saturated rings. The third-order valence-electron chi connectivity index (χ3n) is 5.32. The normalized spacial score (nSPS) is 24.3. The first-order chi connectivity index (χ1) is 12.3. The molecule has 1 saturated carbocycles. The van der Waals surface area contributed by atoms with Crippen molar-refractivity contribution >= 4 is 28.3 Å². The van der Waals surface area contributed by atoms with E-state index in [4.69, 9.17) is 5.73 Å². The average molecular weight is 420 g/mol. The molecule has 6 nitrogen and oxygen atoms in total. The molecule has 2 atom stereocenters. The molecule has 3 N–H and O–H groups in total. The fourth-order valence-corrected chi connectivity index (χ4v) is 5.13. The monoisotopic (exact) mass is 419 g/mol. The molecule has 27 heavy (non-hydrogen) atoms. The fraction of sp³-hybridized carbons (Fsp3) is 0.611. The zero-order valence-electron chi connectivity index (χ0n) is 15.1. The van der Waals surface area contributed by atoms with Crippen LogP contribution < -0.4 is 10.5 Å². The minimum Gasteiger partial charge on any atom is -0.342 e. The minimum absolute atomic E-state index is 0. The lowest BCUT2D eigenvalue weighted by Gasteiger charge is -2.36. The summed E-state index contributed by atoms with van der Waals surface area (Å²) in [4.78, 5) is 14.5. The third kappa shape index (κ3) is 5.63. The Hall–Kier alpha value is -1.22. The summed E-state index contributed by atoms with van der Waals surface area (Å²) < 4.78 is 40.4. The van der Waals surface area contributed by atoms with Crippen LogP contribution in [-0.2, 0) is 14.8 Å². The molecular formula is C18H27ClFN3O3S. The second-order valence-electron chi connectivity index (χ2n) is 7.30. The Morgan fingerprint density at radius 3 is 2.33 bits per heavy atom. The number of rotatable bonds is 4. The maximum Gasteiger partial charge on any atom is 0.240 e. The van der Waals surface area contributed by atoms with E-state index < -0.39 is 15.8 Å². The van der Waals surface area contributed by atoms with Crippen LogP contribution in [0, 0.1) is 11.7 Å². The summed E-state index contributed by atoms with van der Waals surface area (Å²) in [6.45, 7) is 1.09. The Bertz CT molecular complexity index is 737. The van der Waals surface area contributed by atoms with Crippen molar-refractivity contribution in [3.8, 4) is 0 Å². The molecule has 1 heterocycles. The van der Waals surface area contributed by atoms with E-state index in [1.165, 1.54) is 12.1 Å². The number of carbonyl (C=O) groups excluding carboxylic acids is 1. The molecule has 1 saturated heterocycles. The summed E-state index contributed by atoms with van der Waals surface area (Å²) in [5, 5.41) is 0. The predicted octanol–water partition coefficient (Wildman–Crippen LogP) is 2.03. The van der Waals surface area contributed by atoms with Gasteiger partial charge < -0.3 is 10.6 Å². The molecule has 1 amide bonds. The summed E-state index contributed by atoms with van der Waals surface area (Å²) in [6, 6.07) is 4.65. The van der Waals surface area contributed by atoms with E-state index in [-0.39, 0.29) is 41.2 Å². The molecule has 0 spiro atoms. The van der Waals surface area contributed by atoms with Crippen LogP contribution in [0.5, 0.6) is 0 Å². The lowest BCUT2D eigenvalue weighted by Crippen LogP contribution is -2.49. The van der Waals surface area contributed by atoms with Gasteiger partial charge in [0, 0.05) is 31.1 Å². The van der Waals surface area contributed by atoms with E-state index in [1.54, 1.807) is 0 Å². The Balaban J connectivity index is 0.00000261. The SMILES string of the molecule is Cl.NC1CCCC(C(=O)N2CCC(NS(=O)(=O)c3ccc(F)cc3)CC2)C1. The van der Waals surface area contributed by atoms with Crippen LogP contribution in [0.15, 0.2) is 29.2 Å². The molecular weight excluding hydrogens is 393 g/mol. The summed E-state index contributed by atoms with van der Waals surface area (Å²) in [5.74, 6) is -0.315. The standard InChI is InChI=1S/C18H26FN3O3S.ClH/c19-14-4-6-17(7-5-14)26(24,25)21-16-8-10-22(11-9-16)18(23)13-2-1-3-15(20)12-13;/h4-7,13,15-16,21H,1-3,8-12,20H2;1H. The topological polar surface area (TPSA) is 92.5 Å². The van der Waals surface area contributed by atoms with E-state index in [0.29, 0.717) is 25.9 Å². The van der Waals surface area contributed by atoms with Crippen LogP contribution in [0.25, 0.3) is 0 Å². The Labute approximate surface area is 166 Å². The zero-order chi connectivity index (χ0) is 18.7. The first-order valence-corrected chi connectivity index (χ1v) is 10.7. The maximum absolute atomic E-state index is 13.0. The first-order valence-electron chi connectivity index (χ1n) is 9.17. The number of nitrogens with two attached hydrogens (primary N) is 1. The van der Waals surface area contributed by atoms with Gasteiger partial charge in [0.25, 0.3) is 0 Å². The lowest BCUT2D eigenvalue weighted by molar-refractivity contribution is -0.137. The largest absolute Gasteiger partial charge is 0.342 e. The average Bonchev–Trinajstić information content (AvgIpc) is 2.62. The van der Waals surface area contributed by atoms with Gasteiger partial charge in [-0.3, -0.25) is 4.79 Å². The van der Waals surface area contributed by atoms with Gasteiger partial charge in [-0.15, -0.1) is 12.4 Å². The van der Waals surface area contributed by atoms with Gasteiger partial charge in [0.05, 0.1) is 4.90 Å². The number of nitrogens with one attached hydrogen (secondary N) is 1. The lowest BCUT2D eigenvalue weighted by atomic mass is 9.85. The number of sulfonamides is 1. The number of hydrogen-bond acceptors (Lipinski definition) is 4. The Kier molecular flexibility index (Phi) is 7.62. The maximum atomic E-state index is 13.0. The molecule has 9 heteroatoms. The summed E-state index contributed by atoms with van der Waals surface area (Å²) in [7, 11) is -3.68. The number of carbonyl (C=O) groups is 1. The Morgan fingerprint density at radius 1 is 1.11 bits per heavy atom. The van der Waals surface area contributed by atoms with Gasteiger partial charge in [-0.05, 0) is 56.4 Å². The highest BCUT2D eigenvalue weighted by atomic mass is 35.5. The number of benzene rings is 1. The molecule has 3 rings (SSSR count). The summed E-state index contributed by atoms with van der Waals surface area (Å²) in [5.41, 5.74) is 5.98. The van der Waals surface area contributed by atoms with Crippen LogP contribution >= 0.6 is 12.4 Å². The number of nitrogens with zero attached hydrogens (tertiary/aromatic N) is 1. The van der Waals surface area contributed by atoms with Gasteiger partial charge in [-0.1, -0.05) is 6.42 Å². The van der Waals surface area contributed by atoms with Crippen molar-refractivity contribution in [2.75, 3.05) is 13.1 Å². The quantitative estimate of drug-likeness (QED) is 0.781. The number of halogens is 2. The van der Waals surface area contributed by atoms with Crippen molar-refractivity contribution in [2.45, 2.75) is 55.5 Å². The molecule has 1 aliphatic carbocycles. The molecule has 2 unspecified atom stereocenters. The number of piperidine rings is 1. The second-order valence-corrected chi connectivity index (χ2v) is 9.01. The molecule has 152 valence electrons. The van der Waals surface area contributed by atoms with E-state index in [9.17, 15) is 17.6 Å². The smallest absolute Gasteiger partial charge is 0.240 e. The van der Waals surface area contributed by atoms with Crippen molar-refractivity contribution in [3.05, 3.63) is 30.1 Å². The summed E-state index contributed by atoms with van der Waals surface area (Å²) >= 11 is 0. The number of amides is 1. The number of likely N-dealkylation sites (tertiary alicyclic amines) is 1. The van der Waals surface area contributed by atoms with Crippen LogP contribution in [0.1, 0.15) is 38.5 Å². The van der Waals surface area contributed by atoms with Gasteiger partial charge in [0.1, 0.15) is 5.82 Å². The molecule has 1 aromatic rings. The molecule has 0 aromatic heterocycles. The van der Waals surface area contributed by atoms with Crippen LogP contribution in [0.4, 0.5) is 4.39 Å². The highest BCUT2D eigenvalue weighted by molar-refractivity contribution is 7.89. The highest BCUT2D eigenvalue weighted by Crippen LogP contribution is 2.26. The first kappa shape index (κ1) is 22.1. The van der Waals surface area contributed by atoms with Gasteiger partial charge in [-0.25, -0.2) is 17.5 Å². The zero-order valence-corrected chi connectivity index (χ0v) is 16.8. The van der Waals surface area contributed by atoms with E-state index in [1.807, 2.05) is 4.90 Å². The minimum atomic E-state index is -3.68. The van der Waals surface area contributed by atoms with Crippen LogP contribution in [0.2, 0.25) is 0 Å². The molecule has 1 aromatic carbocycles. The fourth-order valence-electron chi connectivity index (χ4n) is 3.83. The molecule has 0 bridgehead atoms. The third-order valence-corrected chi connectivity index (χ3v) is 6.85. The molecule has 1 aliphatic heterocycles. The van der Waals surface area contributed by atoms with Gasteiger partial charge >= 0.3 is 0 Å². The molecule has 0 radical (unpaired) electrons. The van der Waals surface area contributed by atoms with Gasteiger partial charge in [-0.2, -0.15) is 0 Å². The highest BCUT2D eigenvalue weighted by Gasteiger charge is 2.32. The van der Waals surface area contributed by atoms with Gasteiger partial charge in [0.15, 0.2) is 0 Å². The van der Waals surface area contributed by atoms with E-state index in [2.05, 4.69) is 4.72 Å². The van der Waals surface area contributed by atoms with Gasteiger partial charge in [0.2, 0.25) is 15.9 Å².